The van der Waals surface area contributed by atoms with Crippen molar-refractivity contribution in [3.63, 3.8) is 0 Å². The topological polar surface area (TPSA) is 0 Å². The van der Waals surface area contributed by atoms with Crippen molar-refractivity contribution in [1.29, 1.82) is 0 Å². The number of rotatable bonds is 2. The fourth-order valence-corrected chi connectivity index (χ4v) is 2.55. The molecule has 0 amide bonds. The monoisotopic (exact) mass is 140 g/mol. The van der Waals surface area contributed by atoms with Gasteiger partial charge in [0.05, 0.1) is 0 Å². The summed E-state index contributed by atoms with van der Waals surface area (Å²) in [6, 6.07) is 0. The van der Waals surface area contributed by atoms with Gasteiger partial charge in [-0.15, -0.1) is 0 Å². The molecule has 0 N–H and O–H groups in total. The molecule has 0 atom stereocenters. The molecule has 0 saturated heterocycles. The van der Waals surface area contributed by atoms with E-state index in [-0.39, 0.29) is 0 Å². The molecule has 0 rings (SSSR count). The summed E-state index contributed by atoms with van der Waals surface area (Å²) in [4.78, 5) is 0. The summed E-state index contributed by atoms with van der Waals surface area (Å²) in [5, 5.41) is 0. The predicted molar refractivity (Wildman–Crippen MR) is 41.7 cm³/mol. The van der Waals surface area contributed by atoms with Crippen molar-refractivity contribution in [2.45, 2.75) is 0 Å². The quantitative estimate of drug-likeness (QED) is 0.406. The van der Waals surface area contributed by atoms with Crippen LogP contribution >= 0.6 is 18.9 Å². The molecule has 0 nitrogen and oxygen atoms in total. The van der Waals surface area contributed by atoms with E-state index >= 15 is 0 Å². The normalized spacial score (nSPS) is 14.3. The zero-order valence-corrected chi connectivity index (χ0v) is 7.05. The Morgan fingerprint density at radius 2 is 1.71 bits per heavy atom. The molecule has 0 aliphatic rings. The standard InChI is InChI=1S/C5H14ClP/c1-7(2,3)5-4-6/h7H,4-5H2,1-3H3. The van der Waals surface area contributed by atoms with Gasteiger partial charge in [0.1, 0.15) is 0 Å². The fourth-order valence-electron chi connectivity index (χ4n) is 0.283. The Morgan fingerprint density at radius 1 is 1.29 bits per heavy atom. The van der Waals surface area contributed by atoms with E-state index in [4.69, 9.17) is 11.6 Å². The minimum absolute atomic E-state index is 0.789. The molecule has 0 aromatic carbocycles. The van der Waals surface area contributed by atoms with Crippen LogP contribution in [0.2, 0.25) is 0 Å². The van der Waals surface area contributed by atoms with Gasteiger partial charge in [0.25, 0.3) is 0 Å². The number of alkyl halides is 1. The second-order valence-corrected chi connectivity index (χ2v) is 9.00. The Hall–Kier alpha value is 0.720. The average molecular weight is 141 g/mol. The van der Waals surface area contributed by atoms with Gasteiger partial charge in [-0.3, -0.25) is 0 Å². The van der Waals surface area contributed by atoms with Gasteiger partial charge in [-0.05, 0) is 0 Å². The molecular weight excluding hydrogens is 126 g/mol. The molecule has 0 saturated carbocycles. The van der Waals surface area contributed by atoms with Crippen molar-refractivity contribution < 1.29 is 0 Å². The van der Waals surface area contributed by atoms with Crippen LogP contribution in [0.5, 0.6) is 0 Å². The summed E-state index contributed by atoms with van der Waals surface area (Å²) in [5.41, 5.74) is 0. The molecule has 2 heteroatoms. The molecule has 0 spiro atoms. The molecule has 0 radical (unpaired) electrons. The van der Waals surface area contributed by atoms with E-state index in [2.05, 4.69) is 20.0 Å². The molecule has 0 bridgehead atoms. The van der Waals surface area contributed by atoms with Crippen LogP contribution in [0.25, 0.3) is 0 Å². The molecule has 46 valence electrons. The Kier molecular flexibility index (Phi) is 3.19. The van der Waals surface area contributed by atoms with Gasteiger partial charge >= 0.3 is 50.9 Å². The molecule has 0 fully saturated rings. The summed E-state index contributed by atoms with van der Waals surface area (Å²) >= 11 is 5.52. The van der Waals surface area contributed by atoms with Gasteiger partial charge in [0, 0.05) is 0 Å². The molecule has 0 aliphatic heterocycles. The van der Waals surface area contributed by atoms with Gasteiger partial charge in [-0.25, -0.2) is 0 Å². The van der Waals surface area contributed by atoms with E-state index in [1.807, 2.05) is 0 Å². The van der Waals surface area contributed by atoms with Gasteiger partial charge in [-0.2, -0.15) is 0 Å². The fraction of sp³-hybridized carbons (Fsp3) is 1.00. The van der Waals surface area contributed by atoms with E-state index in [0.29, 0.717) is 0 Å². The molecule has 0 aromatic rings. The molecule has 0 aliphatic carbocycles. The van der Waals surface area contributed by atoms with Crippen LogP contribution in [0.4, 0.5) is 0 Å². The second kappa shape index (κ2) is 2.89. The van der Waals surface area contributed by atoms with Crippen LogP contribution in [-0.4, -0.2) is 32.0 Å². The number of halogens is 1. The minimum atomic E-state index is -0.789. The van der Waals surface area contributed by atoms with Crippen molar-refractivity contribution in [3.8, 4) is 0 Å². The second-order valence-electron chi connectivity index (χ2n) is 3.00. The van der Waals surface area contributed by atoms with E-state index in [1.165, 1.54) is 6.16 Å². The van der Waals surface area contributed by atoms with E-state index in [9.17, 15) is 0 Å². The average Bonchev–Trinajstić information content (AvgIpc) is 1.30. The van der Waals surface area contributed by atoms with Gasteiger partial charge in [0.2, 0.25) is 0 Å². The maximum absolute atomic E-state index is 5.52. The summed E-state index contributed by atoms with van der Waals surface area (Å²) in [6.45, 7) is 6.99. The first-order chi connectivity index (χ1) is 3.06. The van der Waals surface area contributed by atoms with Crippen molar-refractivity contribution >= 4 is 18.9 Å². The third-order valence-corrected chi connectivity index (χ3v) is 3.10. The molecular formula is C5H14ClP. The predicted octanol–water partition coefficient (Wildman–Crippen LogP) is 1.86. The number of hydrogen-bond acceptors (Lipinski definition) is 0. The first-order valence-corrected chi connectivity index (χ1v) is 6.86. The van der Waals surface area contributed by atoms with Crippen LogP contribution in [0.15, 0.2) is 0 Å². The number of hydrogen-bond donors (Lipinski definition) is 0. The molecule has 0 heterocycles. The van der Waals surface area contributed by atoms with Gasteiger partial charge < -0.3 is 0 Å². The zero-order valence-electron chi connectivity index (χ0n) is 5.29. The van der Waals surface area contributed by atoms with Crippen LogP contribution in [-0.2, 0) is 0 Å². The Labute approximate surface area is 51.6 Å². The summed E-state index contributed by atoms with van der Waals surface area (Å²) in [6.07, 6.45) is 1.24. The molecule has 0 unspecified atom stereocenters. The SMILES string of the molecule is C[PH](C)(C)CCCl. The molecule has 0 aromatic heterocycles. The van der Waals surface area contributed by atoms with Crippen LogP contribution in [0.3, 0.4) is 0 Å². The molecule has 7 heavy (non-hydrogen) atoms. The maximum atomic E-state index is 5.52. The summed E-state index contributed by atoms with van der Waals surface area (Å²) < 4.78 is 0. The van der Waals surface area contributed by atoms with Crippen molar-refractivity contribution in [2.75, 3.05) is 32.0 Å². The first kappa shape index (κ1) is 7.72. The van der Waals surface area contributed by atoms with Crippen molar-refractivity contribution in [2.24, 2.45) is 0 Å². The van der Waals surface area contributed by atoms with E-state index < -0.39 is 7.26 Å². The Balaban J connectivity index is 3.15. The third-order valence-electron chi connectivity index (χ3n) is 0.844. The van der Waals surface area contributed by atoms with Crippen LogP contribution in [0.1, 0.15) is 0 Å². The van der Waals surface area contributed by atoms with Gasteiger partial charge in [-0.1, -0.05) is 0 Å². The first-order valence-electron chi connectivity index (χ1n) is 2.62. The van der Waals surface area contributed by atoms with Crippen molar-refractivity contribution in [3.05, 3.63) is 0 Å². The van der Waals surface area contributed by atoms with E-state index in [0.717, 1.165) is 5.88 Å². The van der Waals surface area contributed by atoms with Gasteiger partial charge in [0.15, 0.2) is 0 Å². The van der Waals surface area contributed by atoms with Crippen LogP contribution < -0.4 is 0 Å². The van der Waals surface area contributed by atoms with Crippen molar-refractivity contribution in [1.82, 2.24) is 0 Å². The van der Waals surface area contributed by atoms with Crippen LogP contribution in [0, 0.1) is 0 Å². The zero-order chi connectivity index (χ0) is 5.91. The third kappa shape index (κ3) is 6.72. The Bertz CT molecular complexity index is 46.5. The summed E-state index contributed by atoms with van der Waals surface area (Å²) in [7, 11) is -0.789. The summed E-state index contributed by atoms with van der Waals surface area (Å²) in [5.74, 6) is 0.843. The Morgan fingerprint density at radius 3 is 1.71 bits per heavy atom. The van der Waals surface area contributed by atoms with E-state index in [1.54, 1.807) is 0 Å².